The van der Waals surface area contributed by atoms with Gasteiger partial charge in [-0.25, -0.2) is 9.97 Å². The summed E-state index contributed by atoms with van der Waals surface area (Å²) in [5.41, 5.74) is 3.05. The first kappa shape index (κ1) is 19.1. The fourth-order valence-corrected chi connectivity index (χ4v) is 4.88. The number of thiophene rings is 1. The maximum absolute atomic E-state index is 11.7. The number of H-pyrrole nitrogens is 1. The van der Waals surface area contributed by atoms with Gasteiger partial charge in [0.2, 0.25) is 5.91 Å². The minimum Gasteiger partial charge on any atom is -0.493 e. The number of ether oxygens (including phenoxy) is 2. The normalized spacial score (nSPS) is 17.1. The summed E-state index contributed by atoms with van der Waals surface area (Å²) >= 11 is 1.69. The Balaban J connectivity index is 1.23. The molecule has 1 aromatic carbocycles. The number of pyridine rings is 1. The molecule has 1 amide bonds. The van der Waals surface area contributed by atoms with Gasteiger partial charge < -0.3 is 19.8 Å². The van der Waals surface area contributed by atoms with Crippen LogP contribution in [0.3, 0.4) is 0 Å². The topological polar surface area (TPSA) is 89.1 Å². The molecule has 160 valence electrons. The van der Waals surface area contributed by atoms with Gasteiger partial charge >= 0.3 is 0 Å². The lowest BCUT2D eigenvalue weighted by Crippen LogP contribution is -2.20. The lowest BCUT2D eigenvalue weighted by Gasteiger charge is -2.25. The zero-order chi connectivity index (χ0) is 21.5. The highest BCUT2D eigenvalue weighted by molar-refractivity contribution is 7.13. The number of nitrogens with one attached hydrogen (secondary N) is 2. The fourth-order valence-electron chi connectivity index (χ4n) is 4.19. The third kappa shape index (κ3) is 3.52. The molecule has 2 N–H and O–H groups in total. The van der Waals surface area contributed by atoms with E-state index in [0.29, 0.717) is 25.3 Å². The SMILES string of the molecule is O=C1CCc2c(Oc3ccc4c(c3)CC(c3ncc(-c5cccs5)[nH]3)CO4)ccnc2N1. The third-order valence-electron chi connectivity index (χ3n) is 5.81. The van der Waals surface area contributed by atoms with E-state index in [9.17, 15) is 4.79 Å². The first-order valence-corrected chi connectivity index (χ1v) is 11.4. The predicted octanol–water partition coefficient (Wildman–Crippen LogP) is 4.93. The first-order valence-electron chi connectivity index (χ1n) is 10.5. The number of hydrogen-bond donors (Lipinski definition) is 2. The van der Waals surface area contributed by atoms with Crippen LogP contribution in [0.25, 0.3) is 10.6 Å². The zero-order valence-corrected chi connectivity index (χ0v) is 17.9. The minimum atomic E-state index is -0.0146. The number of fused-ring (bicyclic) bond motifs is 2. The number of anilines is 1. The van der Waals surface area contributed by atoms with Crippen LogP contribution in [0, 0.1) is 0 Å². The molecule has 6 rings (SSSR count). The van der Waals surface area contributed by atoms with Crippen LogP contribution >= 0.6 is 11.3 Å². The molecule has 3 aromatic heterocycles. The molecule has 0 fully saturated rings. The van der Waals surface area contributed by atoms with Gasteiger partial charge in [0.1, 0.15) is 28.9 Å². The van der Waals surface area contributed by atoms with E-state index in [4.69, 9.17) is 9.47 Å². The second-order valence-corrected chi connectivity index (χ2v) is 8.88. The number of hydrogen-bond acceptors (Lipinski definition) is 6. The van der Waals surface area contributed by atoms with Crippen LogP contribution in [-0.2, 0) is 17.6 Å². The Morgan fingerprint density at radius 3 is 3.03 bits per heavy atom. The van der Waals surface area contributed by atoms with E-state index in [1.807, 2.05) is 36.5 Å². The largest absolute Gasteiger partial charge is 0.493 e. The van der Waals surface area contributed by atoms with Gasteiger partial charge in [-0.1, -0.05) is 6.07 Å². The lowest BCUT2D eigenvalue weighted by atomic mass is 9.96. The summed E-state index contributed by atoms with van der Waals surface area (Å²) in [6.07, 6.45) is 5.41. The molecule has 4 aromatic rings. The average molecular weight is 445 g/mol. The summed E-state index contributed by atoms with van der Waals surface area (Å²) < 4.78 is 12.2. The number of amides is 1. The molecule has 0 saturated heterocycles. The number of carbonyl (C=O) groups is 1. The second kappa shape index (κ2) is 7.80. The van der Waals surface area contributed by atoms with Crippen LogP contribution < -0.4 is 14.8 Å². The molecule has 0 saturated carbocycles. The number of carbonyl (C=O) groups excluding carboxylic acids is 1. The molecule has 1 unspecified atom stereocenters. The van der Waals surface area contributed by atoms with E-state index >= 15 is 0 Å². The summed E-state index contributed by atoms with van der Waals surface area (Å²) in [6, 6.07) is 11.9. The van der Waals surface area contributed by atoms with Gasteiger partial charge in [-0.15, -0.1) is 11.3 Å². The first-order chi connectivity index (χ1) is 15.7. The van der Waals surface area contributed by atoms with Crippen molar-refractivity contribution in [2.24, 2.45) is 0 Å². The van der Waals surface area contributed by atoms with Crippen LogP contribution in [0.1, 0.15) is 29.3 Å². The summed E-state index contributed by atoms with van der Waals surface area (Å²) in [5, 5.41) is 4.87. The van der Waals surface area contributed by atoms with Crippen molar-refractivity contribution in [1.82, 2.24) is 15.0 Å². The molecule has 32 heavy (non-hydrogen) atoms. The maximum Gasteiger partial charge on any atom is 0.225 e. The Morgan fingerprint density at radius 1 is 1.16 bits per heavy atom. The summed E-state index contributed by atoms with van der Waals surface area (Å²) in [6.45, 7) is 0.585. The Hall–Kier alpha value is -3.65. The number of benzene rings is 1. The summed E-state index contributed by atoms with van der Waals surface area (Å²) in [5.74, 6) is 3.98. The van der Waals surface area contributed by atoms with Crippen molar-refractivity contribution in [3.63, 3.8) is 0 Å². The lowest BCUT2D eigenvalue weighted by molar-refractivity contribution is -0.116. The monoisotopic (exact) mass is 444 g/mol. The van der Waals surface area contributed by atoms with Crippen LogP contribution in [0.4, 0.5) is 5.82 Å². The molecule has 5 heterocycles. The smallest absolute Gasteiger partial charge is 0.225 e. The second-order valence-electron chi connectivity index (χ2n) is 7.93. The molecule has 8 heteroatoms. The van der Waals surface area contributed by atoms with E-state index < -0.39 is 0 Å². The van der Waals surface area contributed by atoms with Crippen molar-refractivity contribution in [1.29, 1.82) is 0 Å². The quantitative estimate of drug-likeness (QED) is 0.466. The molecule has 0 radical (unpaired) electrons. The van der Waals surface area contributed by atoms with Crippen LogP contribution in [0.15, 0.2) is 54.2 Å². The van der Waals surface area contributed by atoms with Gasteiger partial charge in [0.05, 0.1) is 29.3 Å². The van der Waals surface area contributed by atoms with Crippen molar-refractivity contribution in [2.45, 2.75) is 25.2 Å². The van der Waals surface area contributed by atoms with Crippen molar-refractivity contribution in [3.8, 4) is 27.8 Å². The third-order valence-corrected chi connectivity index (χ3v) is 6.71. The van der Waals surface area contributed by atoms with Gasteiger partial charge in [-0.2, -0.15) is 0 Å². The van der Waals surface area contributed by atoms with Gasteiger partial charge in [0.25, 0.3) is 0 Å². The summed E-state index contributed by atoms with van der Waals surface area (Å²) in [4.78, 5) is 25.2. The van der Waals surface area contributed by atoms with Crippen LogP contribution in [0.2, 0.25) is 0 Å². The minimum absolute atomic E-state index is 0.0146. The van der Waals surface area contributed by atoms with E-state index in [2.05, 4.69) is 31.7 Å². The van der Waals surface area contributed by atoms with Crippen molar-refractivity contribution in [3.05, 3.63) is 71.1 Å². The highest BCUT2D eigenvalue weighted by Crippen LogP contribution is 2.37. The van der Waals surface area contributed by atoms with E-state index in [1.165, 1.54) is 4.88 Å². The van der Waals surface area contributed by atoms with E-state index in [-0.39, 0.29) is 11.8 Å². The molecule has 7 nitrogen and oxygen atoms in total. The molecule has 0 aliphatic carbocycles. The Labute approximate surface area is 188 Å². The van der Waals surface area contributed by atoms with Gasteiger partial charge in [-0.05, 0) is 54.1 Å². The van der Waals surface area contributed by atoms with Crippen molar-refractivity contribution < 1.29 is 14.3 Å². The van der Waals surface area contributed by atoms with Crippen LogP contribution in [0.5, 0.6) is 17.2 Å². The Morgan fingerprint density at radius 2 is 2.12 bits per heavy atom. The van der Waals surface area contributed by atoms with Crippen molar-refractivity contribution >= 4 is 23.1 Å². The van der Waals surface area contributed by atoms with Crippen molar-refractivity contribution in [2.75, 3.05) is 11.9 Å². The average Bonchev–Trinajstić information content (AvgIpc) is 3.51. The molecular weight excluding hydrogens is 424 g/mol. The Bertz CT molecular complexity index is 1300. The molecule has 0 spiro atoms. The predicted molar refractivity (Wildman–Crippen MR) is 122 cm³/mol. The van der Waals surface area contributed by atoms with Gasteiger partial charge in [0.15, 0.2) is 0 Å². The fraction of sp³-hybridized carbons (Fsp3) is 0.208. The Kier molecular flexibility index (Phi) is 4.65. The number of aromatic amines is 1. The van der Waals surface area contributed by atoms with Crippen LogP contribution in [-0.4, -0.2) is 27.5 Å². The molecule has 1 atom stereocenters. The van der Waals surface area contributed by atoms with E-state index in [0.717, 1.165) is 46.3 Å². The number of nitrogens with zero attached hydrogens (tertiary/aromatic N) is 2. The molecule has 2 aliphatic heterocycles. The summed E-state index contributed by atoms with van der Waals surface area (Å²) in [7, 11) is 0. The zero-order valence-electron chi connectivity index (χ0n) is 17.1. The molecule has 2 aliphatic rings. The number of imidazole rings is 1. The molecular formula is C24H20N4O3S. The maximum atomic E-state index is 11.7. The highest BCUT2D eigenvalue weighted by atomic mass is 32.1. The van der Waals surface area contributed by atoms with Gasteiger partial charge in [0, 0.05) is 18.2 Å². The highest BCUT2D eigenvalue weighted by Gasteiger charge is 2.25. The van der Waals surface area contributed by atoms with E-state index in [1.54, 1.807) is 17.5 Å². The van der Waals surface area contributed by atoms with Gasteiger partial charge in [-0.3, -0.25) is 4.79 Å². The standard InChI is InChI=1S/C24H20N4O3S/c29-22-6-4-17-20(7-8-25-24(17)28-22)31-16-3-5-19-14(11-16)10-15(13-30-19)23-26-12-18(27-23)21-2-1-9-32-21/h1-3,5,7-9,11-12,15H,4,6,10,13H2,(H,26,27)(H,25,28,29). The molecule has 0 bridgehead atoms. The number of aromatic nitrogens is 3. The number of rotatable bonds is 4.